The first-order chi connectivity index (χ1) is 13.2. The molecule has 0 amide bonds. The van der Waals surface area contributed by atoms with Gasteiger partial charge < -0.3 is 9.47 Å². The Hall–Kier alpha value is -3.40. The average Bonchev–Trinajstić information content (AvgIpc) is 2.72. The number of nitrogens with zero attached hydrogens (tertiary/aromatic N) is 1. The second-order valence-electron chi connectivity index (χ2n) is 5.93. The van der Waals surface area contributed by atoms with Gasteiger partial charge in [-0.25, -0.2) is 4.79 Å². The summed E-state index contributed by atoms with van der Waals surface area (Å²) in [6.07, 6.45) is 2.76. The third-order valence-corrected chi connectivity index (χ3v) is 3.77. The van der Waals surface area contributed by atoms with E-state index in [1.54, 1.807) is 42.6 Å². The Morgan fingerprint density at radius 2 is 1.59 bits per heavy atom. The van der Waals surface area contributed by atoms with Crippen molar-refractivity contribution in [3.05, 3.63) is 90.0 Å². The average molecular weight is 359 g/mol. The highest BCUT2D eigenvalue weighted by atomic mass is 16.5. The highest BCUT2D eigenvalue weighted by molar-refractivity contribution is 5.91. The highest BCUT2D eigenvalue weighted by Gasteiger charge is 2.07. The molecule has 0 saturated carbocycles. The Morgan fingerprint density at radius 1 is 0.889 bits per heavy atom. The number of rotatable bonds is 7. The third-order valence-electron chi connectivity index (χ3n) is 3.77. The Kier molecular flexibility index (Phi) is 6.36. The van der Waals surface area contributed by atoms with E-state index < -0.39 is 0 Å². The van der Waals surface area contributed by atoms with Crippen LogP contribution in [0.3, 0.4) is 0 Å². The fourth-order valence-electron chi connectivity index (χ4n) is 2.36. The zero-order chi connectivity index (χ0) is 18.9. The minimum Gasteiger partial charge on any atom is -0.494 e. The maximum atomic E-state index is 12.1. The van der Waals surface area contributed by atoms with E-state index >= 15 is 0 Å². The molecular weight excluding hydrogens is 338 g/mol. The first-order valence-electron chi connectivity index (χ1n) is 8.89. The summed E-state index contributed by atoms with van der Waals surface area (Å²) in [5.74, 6) is 0.991. The number of hydrogen-bond donors (Lipinski definition) is 0. The van der Waals surface area contributed by atoms with Crippen molar-refractivity contribution in [2.24, 2.45) is 4.99 Å². The van der Waals surface area contributed by atoms with Crippen LogP contribution >= 0.6 is 0 Å². The highest BCUT2D eigenvalue weighted by Crippen LogP contribution is 2.17. The monoisotopic (exact) mass is 359 g/mol. The lowest BCUT2D eigenvalue weighted by atomic mass is 10.2. The van der Waals surface area contributed by atoms with E-state index in [1.165, 1.54) is 0 Å². The number of carbonyl (C=O) groups is 1. The Morgan fingerprint density at radius 3 is 2.26 bits per heavy atom. The molecule has 4 heteroatoms. The van der Waals surface area contributed by atoms with Gasteiger partial charge in [-0.3, -0.25) is 4.99 Å². The summed E-state index contributed by atoms with van der Waals surface area (Å²) < 4.78 is 10.9. The Bertz CT molecular complexity index is 885. The van der Waals surface area contributed by atoms with E-state index in [2.05, 4.69) is 11.9 Å². The van der Waals surface area contributed by atoms with Crippen molar-refractivity contribution in [2.45, 2.75) is 13.3 Å². The number of carbonyl (C=O) groups excluding carboxylic acids is 1. The maximum absolute atomic E-state index is 12.1. The van der Waals surface area contributed by atoms with E-state index in [1.807, 2.05) is 42.5 Å². The first kappa shape index (κ1) is 18.4. The molecule has 0 aliphatic carbocycles. The number of para-hydroxylation sites is 1. The fourth-order valence-corrected chi connectivity index (χ4v) is 2.36. The van der Waals surface area contributed by atoms with Crippen molar-refractivity contribution in [3.63, 3.8) is 0 Å². The molecule has 0 aromatic heterocycles. The van der Waals surface area contributed by atoms with Gasteiger partial charge in [0.1, 0.15) is 11.5 Å². The summed E-state index contributed by atoms with van der Waals surface area (Å²) in [7, 11) is 0. The van der Waals surface area contributed by atoms with E-state index in [0.717, 1.165) is 23.4 Å². The van der Waals surface area contributed by atoms with Crippen molar-refractivity contribution in [1.29, 1.82) is 0 Å². The molecule has 136 valence electrons. The molecule has 4 nitrogen and oxygen atoms in total. The molecule has 0 atom stereocenters. The van der Waals surface area contributed by atoms with Gasteiger partial charge in [0.25, 0.3) is 0 Å². The van der Waals surface area contributed by atoms with Gasteiger partial charge in [0.2, 0.25) is 0 Å². The number of aliphatic imine (C=N–C) groups is 1. The molecule has 0 aliphatic heterocycles. The topological polar surface area (TPSA) is 47.9 Å². The molecule has 3 aromatic carbocycles. The van der Waals surface area contributed by atoms with Crippen LogP contribution in [0, 0.1) is 0 Å². The predicted molar refractivity (Wildman–Crippen MR) is 107 cm³/mol. The third kappa shape index (κ3) is 5.54. The second kappa shape index (κ2) is 9.34. The largest absolute Gasteiger partial charge is 0.494 e. The SMILES string of the molecule is CCCOc1ccc(C=Nc2ccc(C(=O)Oc3ccccc3)cc2)cc1. The lowest BCUT2D eigenvalue weighted by Gasteiger charge is -2.04. The molecule has 0 aliphatic rings. The smallest absolute Gasteiger partial charge is 0.343 e. The Labute approximate surface area is 159 Å². The van der Waals surface area contributed by atoms with Crippen molar-refractivity contribution < 1.29 is 14.3 Å². The lowest BCUT2D eigenvalue weighted by Crippen LogP contribution is -2.07. The molecule has 0 heterocycles. The molecule has 0 unspecified atom stereocenters. The van der Waals surface area contributed by atoms with Crippen molar-refractivity contribution in [1.82, 2.24) is 0 Å². The minimum absolute atomic E-state index is 0.389. The van der Waals surface area contributed by atoms with Gasteiger partial charge >= 0.3 is 5.97 Å². The van der Waals surface area contributed by atoms with E-state index in [4.69, 9.17) is 9.47 Å². The van der Waals surface area contributed by atoms with Gasteiger partial charge in [-0.15, -0.1) is 0 Å². The van der Waals surface area contributed by atoms with Crippen LogP contribution < -0.4 is 9.47 Å². The normalized spacial score (nSPS) is 10.7. The van der Waals surface area contributed by atoms with Gasteiger partial charge in [-0.2, -0.15) is 0 Å². The number of benzene rings is 3. The van der Waals surface area contributed by atoms with E-state index in [9.17, 15) is 4.79 Å². The van der Waals surface area contributed by atoms with Crippen LogP contribution in [0.15, 0.2) is 83.9 Å². The van der Waals surface area contributed by atoms with Gasteiger partial charge in [0.15, 0.2) is 0 Å². The molecule has 0 N–H and O–H groups in total. The van der Waals surface area contributed by atoms with Crippen LogP contribution in [0.25, 0.3) is 0 Å². The molecule has 0 radical (unpaired) electrons. The quantitative estimate of drug-likeness (QED) is 0.320. The van der Waals surface area contributed by atoms with Gasteiger partial charge in [0.05, 0.1) is 17.9 Å². The summed E-state index contributed by atoms with van der Waals surface area (Å²) in [4.78, 5) is 16.6. The van der Waals surface area contributed by atoms with Crippen molar-refractivity contribution in [3.8, 4) is 11.5 Å². The van der Waals surface area contributed by atoms with Crippen LogP contribution in [0.4, 0.5) is 5.69 Å². The van der Waals surface area contributed by atoms with Crippen LogP contribution in [0.5, 0.6) is 11.5 Å². The molecule has 27 heavy (non-hydrogen) atoms. The molecule has 0 fully saturated rings. The van der Waals surface area contributed by atoms with E-state index in [0.29, 0.717) is 17.9 Å². The van der Waals surface area contributed by atoms with Crippen molar-refractivity contribution >= 4 is 17.9 Å². The van der Waals surface area contributed by atoms with Crippen LogP contribution in [-0.2, 0) is 0 Å². The van der Waals surface area contributed by atoms with E-state index in [-0.39, 0.29) is 5.97 Å². The molecule has 0 saturated heterocycles. The van der Waals surface area contributed by atoms with Crippen molar-refractivity contribution in [2.75, 3.05) is 6.61 Å². The van der Waals surface area contributed by atoms with Gasteiger partial charge in [-0.05, 0) is 72.6 Å². The van der Waals surface area contributed by atoms with Gasteiger partial charge in [0, 0.05) is 6.21 Å². The standard InChI is InChI=1S/C23H21NO3/c1-2-16-26-21-14-8-18(9-15-21)17-24-20-12-10-19(11-13-20)23(25)27-22-6-4-3-5-7-22/h3-15,17H,2,16H2,1H3. The Balaban J connectivity index is 1.60. The van der Waals surface area contributed by atoms with Gasteiger partial charge in [-0.1, -0.05) is 25.1 Å². The van der Waals surface area contributed by atoms with Crippen LogP contribution in [-0.4, -0.2) is 18.8 Å². The zero-order valence-electron chi connectivity index (χ0n) is 15.2. The number of hydrogen-bond acceptors (Lipinski definition) is 4. The second-order valence-corrected chi connectivity index (χ2v) is 5.93. The summed E-state index contributed by atoms with van der Waals surface area (Å²) >= 11 is 0. The minimum atomic E-state index is -0.389. The number of esters is 1. The maximum Gasteiger partial charge on any atom is 0.343 e. The summed E-state index contributed by atoms with van der Waals surface area (Å²) in [6.45, 7) is 2.79. The zero-order valence-corrected chi connectivity index (χ0v) is 15.2. The molecule has 0 spiro atoms. The fraction of sp³-hybridized carbons (Fsp3) is 0.130. The lowest BCUT2D eigenvalue weighted by molar-refractivity contribution is 0.0735. The predicted octanol–water partition coefficient (Wildman–Crippen LogP) is 5.45. The molecule has 3 aromatic rings. The first-order valence-corrected chi connectivity index (χ1v) is 8.89. The molecule has 3 rings (SSSR count). The molecular formula is C23H21NO3. The van der Waals surface area contributed by atoms with Crippen LogP contribution in [0.1, 0.15) is 29.3 Å². The summed E-state index contributed by atoms with van der Waals surface area (Å²) in [5.41, 5.74) is 2.22. The number of ether oxygens (including phenoxy) is 2. The van der Waals surface area contributed by atoms with Crippen LogP contribution in [0.2, 0.25) is 0 Å². The summed E-state index contributed by atoms with van der Waals surface area (Å²) in [5, 5.41) is 0. The molecule has 0 bridgehead atoms. The summed E-state index contributed by atoms with van der Waals surface area (Å²) in [6, 6.07) is 23.8.